The van der Waals surface area contributed by atoms with Gasteiger partial charge in [-0.25, -0.2) is 13.2 Å². The number of sulfonamides is 1. The molecule has 2 rings (SSSR count). The van der Waals surface area contributed by atoms with Crippen LogP contribution in [0.25, 0.3) is 0 Å². The fraction of sp³-hybridized carbons (Fsp3) is 0.188. The number of nitro groups is 1. The predicted octanol–water partition coefficient (Wildman–Crippen LogP) is 3.25. The maximum Gasteiger partial charge on any atom is 0.339 e. The first-order valence-corrected chi connectivity index (χ1v) is 9.21. The fourth-order valence-electron chi connectivity index (χ4n) is 2.19. The van der Waals surface area contributed by atoms with E-state index in [1.165, 1.54) is 37.4 Å². The van der Waals surface area contributed by atoms with E-state index >= 15 is 0 Å². The molecule has 0 saturated heterocycles. The number of carbonyl (C=O) groups excluding carboxylic acids is 1. The van der Waals surface area contributed by atoms with Gasteiger partial charge in [-0.3, -0.25) is 14.4 Å². The molecule has 0 atom stereocenters. The molecule has 0 aliphatic carbocycles. The molecule has 8 nitrogen and oxygen atoms in total. The van der Waals surface area contributed by atoms with Crippen molar-refractivity contribution < 1.29 is 22.9 Å². The smallest absolute Gasteiger partial charge is 0.339 e. The Morgan fingerprint density at radius 2 is 1.92 bits per heavy atom. The average molecular weight is 399 g/mol. The van der Waals surface area contributed by atoms with E-state index in [1.807, 2.05) is 0 Å². The summed E-state index contributed by atoms with van der Waals surface area (Å²) in [5.74, 6) is -0.698. The maximum absolute atomic E-state index is 12.8. The molecular formula is C16H15ClN2O6S. The lowest BCUT2D eigenvalue weighted by Crippen LogP contribution is -2.27. The molecule has 0 saturated carbocycles. The minimum Gasteiger partial charge on any atom is -0.462 e. The van der Waals surface area contributed by atoms with Crippen LogP contribution in [0.1, 0.15) is 17.3 Å². The molecule has 0 radical (unpaired) electrons. The van der Waals surface area contributed by atoms with Gasteiger partial charge in [0.2, 0.25) is 0 Å². The zero-order valence-electron chi connectivity index (χ0n) is 13.9. The minimum atomic E-state index is -4.24. The number of nitrogens with zero attached hydrogens (tertiary/aromatic N) is 2. The van der Waals surface area contributed by atoms with Crippen molar-refractivity contribution in [3.05, 3.63) is 63.2 Å². The molecule has 10 heteroatoms. The first-order valence-electron chi connectivity index (χ1n) is 7.39. The minimum absolute atomic E-state index is 0.00405. The third-order valence-electron chi connectivity index (χ3n) is 3.51. The third-order valence-corrected chi connectivity index (χ3v) is 5.67. The van der Waals surface area contributed by atoms with E-state index in [2.05, 4.69) is 0 Å². The lowest BCUT2D eigenvalue weighted by molar-refractivity contribution is -0.387. The molecule has 0 amide bonds. The molecule has 0 aliphatic rings. The van der Waals surface area contributed by atoms with Crippen molar-refractivity contribution in [2.45, 2.75) is 11.8 Å². The second kappa shape index (κ2) is 7.71. The van der Waals surface area contributed by atoms with E-state index in [1.54, 1.807) is 6.92 Å². The molecule has 0 aromatic heterocycles. The topological polar surface area (TPSA) is 107 Å². The highest BCUT2D eigenvalue weighted by Gasteiger charge is 2.30. The second-order valence-electron chi connectivity index (χ2n) is 5.08. The molecule has 138 valence electrons. The van der Waals surface area contributed by atoms with Gasteiger partial charge in [-0.1, -0.05) is 23.7 Å². The van der Waals surface area contributed by atoms with Crippen LogP contribution in [-0.2, 0) is 14.8 Å². The van der Waals surface area contributed by atoms with Crippen LogP contribution in [0.4, 0.5) is 11.4 Å². The molecule has 26 heavy (non-hydrogen) atoms. The summed E-state index contributed by atoms with van der Waals surface area (Å²) in [5, 5.41) is 11.2. The Morgan fingerprint density at radius 3 is 2.54 bits per heavy atom. The van der Waals surface area contributed by atoms with E-state index in [0.29, 0.717) is 0 Å². The third kappa shape index (κ3) is 3.78. The number of anilines is 1. The molecule has 0 spiro atoms. The van der Waals surface area contributed by atoms with Gasteiger partial charge in [-0.05, 0) is 31.2 Å². The summed E-state index contributed by atoms with van der Waals surface area (Å²) >= 11 is 5.97. The van der Waals surface area contributed by atoms with Crippen LogP contribution >= 0.6 is 11.6 Å². The van der Waals surface area contributed by atoms with Gasteiger partial charge >= 0.3 is 5.97 Å². The zero-order chi connectivity index (χ0) is 19.5. The number of carbonyl (C=O) groups is 1. The average Bonchev–Trinajstić information content (AvgIpc) is 2.61. The van der Waals surface area contributed by atoms with Gasteiger partial charge in [0.05, 0.1) is 27.8 Å². The normalized spacial score (nSPS) is 11.0. The molecule has 0 fully saturated rings. The van der Waals surface area contributed by atoms with Crippen molar-refractivity contribution in [3.8, 4) is 0 Å². The Morgan fingerprint density at radius 1 is 1.27 bits per heavy atom. The first kappa shape index (κ1) is 19.7. The van der Waals surface area contributed by atoms with Crippen molar-refractivity contribution in [2.24, 2.45) is 0 Å². The summed E-state index contributed by atoms with van der Waals surface area (Å²) in [6.07, 6.45) is 0. The summed E-state index contributed by atoms with van der Waals surface area (Å²) in [6, 6.07) is 9.01. The fourth-order valence-corrected chi connectivity index (χ4v) is 3.73. The van der Waals surface area contributed by atoms with E-state index in [-0.39, 0.29) is 22.9 Å². The Hall–Kier alpha value is -2.65. The SMILES string of the molecule is CCOC(=O)c1cc(N(C)S(=O)(=O)c2ccccc2[N+](=O)[O-])ccc1Cl. The van der Waals surface area contributed by atoms with Crippen LogP contribution in [0, 0.1) is 10.1 Å². The summed E-state index contributed by atoms with van der Waals surface area (Å²) in [7, 11) is -3.01. The Bertz CT molecular complexity index is 961. The predicted molar refractivity (Wildman–Crippen MR) is 96.1 cm³/mol. The molecule has 0 bridgehead atoms. The molecule has 0 unspecified atom stereocenters. The maximum atomic E-state index is 12.8. The molecule has 2 aromatic rings. The van der Waals surface area contributed by atoms with Gasteiger partial charge < -0.3 is 4.74 Å². The lowest BCUT2D eigenvalue weighted by atomic mass is 10.2. The second-order valence-corrected chi connectivity index (χ2v) is 7.43. The number of nitro benzene ring substituents is 1. The Labute approximate surface area is 155 Å². The van der Waals surface area contributed by atoms with Gasteiger partial charge in [0.15, 0.2) is 4.90 Å². The van der Waals surface area contributed by atoms with Crippen LogP contribution < -0.4 is 4.31 Å². The van der Waals surface area contributed by atoms with Crippen LogP contribution in [0.3, 0.4) is 0 Å². The monoisotopic (exact) mass is 398 g/mol. The molecular weight excluding hydrogens is 384 g/mol. The lowest BCUT2D eigenvalue weighted by Gasteiger charge is -2.20. The van der Waals surface area contributed by atoms with Gasteiger partial charge in [0.1, 0.15) is 0 Å². The quantitative estimate of drug-likeness (QED) is 0.420. The highest BCUT2D eigenvalue weighted by Crippen LogP contribution is 2.30. The van der Waals surface area contributed by atoms with Crippen molar-refractivity contribution in [1.82, 2.24) is 0 Å². The molecule has 0 aliphatic heterocycles. The molecule has 0 heterocycles. The number of ether oxygens (including phenoxy) is 1. The first-order chi connectivity index (χ1) is 12.2. The number of benzene rings is 2. The number of hydrogen-bond donors (Lipinski definition) is 0. The van der Waals surface area contributed by atoms with Crippen LogP contribution in [0.5, 0.6) is 0 Å². The van der Waals surface area contributed by atoms with E-state index in [9.17, 15) is 23.3 Å². The highest BCUT2D eigenvalue weighted by molar-refractivity contribution is 7.93. The zero-order valence-corrected chi connectivity index (χ0v) is 15.5. The molecule has 2 aromatic carbocycles. The number of halogens is 1. The van der Waals surface area contributed by atoms with Crippen molar-refractivity contribution >= 4 is 39.0 Å². The van der Waals surface area contributed by atoms with Gasteiger partial charge in [0.25, 0.3) is 15.7 Å². The summed E-state index contributed by atoms with van der Waals surface area (Å²) in [5.41, 5.74) is -0.440. The van der Waals surface area contributed by atoms with E-state index < -0.39 is 31.5 Å². The summed E-state index contributed by atoms with van der Waals surface area (Å²) < 4.78 is 31.4. The standard InChI is InChI=1S/C16H15ClN2O6S/c1-3-25-16(20)12-10-11(8-9-13(12)17)18(2)26(23,24)15-7-5-4-6-14(15)19(21)22/h4-10H,3H2,1-2H3. The van der Waals surface area contributed by atoms with Crippen molar-refractivity contribution in [3.63, 3.8) is 0 Å². The number of esters is 1. The molecule has 0 N–H and O–H groups in total. The highest BCUT2D eigenvalue weighted by atomic mass is 35.5. The summed E-state index contributed by atoms with van der Waals surface area (Å²) in [4.78, 5) is 21.8. The van der Waals surface area contributed by atoms with Gasteiger partial charge in [-0.15, -0.1) is 0 Å². The van der Waals surface area contributed by atoms with Crippen molar-refractivity contribution in [2.75, 3.05) is 18.0 Å². The summed E-state index contributed by atoms with van der Waals surface area (Å²) in [6.45, 7) is 1.75. The van der Waals surface area contributed by atoms with Crippen molar-refractivity contribution in [1.29, 1.82) is 0 Å². The van der Waals surface area contributed by atoms with Gasteiger partial charge in [-0.2, -0.15) is 0 Å². The number of para-hydroxylation sites is 1. The van der Waals surface area contributed by atoms with Gasteiger partial charge in [0, 0.05) is 13.1 Å². The van der Waals surface area contributed by atoms with E-state index in [4.69, 9.17) is 16.3 Å². The Kier molecular flexibility index (Phi) is 5.83. The van der Waals surface area contributed by atoms with Crippen LogP contribution in [0.2, 0.25) is 5.02 Å². The van der Waals surface area contributed by atoms with E-state index in [0.717, 1.165) is 16.4 Å². The largest absolute Gasteiger partial charge is 0.462 e. The van der Waals surface area contributed by atoms with Crippen LogP contribution in [-0.4, -0.2) is 33.0 Å². The Balaban J connectivity index is 2.52. The number of hydrogen-bond acceptors (Lipinski definition) is 6. The number of rotatable bonds is 6. The van der Waals surface area contributed by atoms with Crippen LogP contribution in [0.15, 0.2) is 47.4 Å².